The minimum absolute atomic E-state index is 0. The number of carbonyl (C=O) groups excluding carboxylic acids is 2. The second kappa shape index (κ2) is 8.64. The molecule has 0 radical (unpaired) electrons. The summed E-state index contributed by atoms with van der Waals surface area (Å²) in [5, 5.41) is 3.80. The number of nitrogen functional groups attached to an aromatic ring is 1. The van der Waals surface area contributed by atoms with E-state index in [1.807, 2.05) is 36.4 Å². The average molecular weight is 434 g/mol. The quantitative estimate of drug-likeness (QED) is 0.716. The van der Waals surface area contributed by atoms with Gasteiger partial charge >= 0.3 is 0 Å². The summed E-state index contributed by atoms with van der Waals surface area (Å²) in [5.74, 6) is -0.547. The molecule has 1 aliphatic carbocycles. The van der Waals surface area contributed by atoms with Gasteiger partial charge in [-0.2, -0.15) is 0 Å². The first-order valence-corrected chi connectivity index (χ1v) is 10.0. The SMILES string of the molecule is CN1C(=O)CC(C(=O)NC2CCCc3cc(N)ccc32)C1c1cccc(Cl)c1.Cl. The van der Waals surface area contributed by atoms with E-state index in [0.29, 0.717) is 5.02 Å². The van der Waals surface area contributed by atoms with Crippen LogP contribution in [-0.2, 0) is 16.0 Å². The third kappa shape index (κ3) is 4.21. The summed E-state index contributed by atoms with van der Waals surface area (Å²) in [6.07, 6.45) is 3.08. The molecule has 3 unspecified atom stereocenters. The molecular weight excluding hydrogens is 409 g/mol. The zero-order chi connectivity index (χ0) is 19.8. The van der Waals surface area contributed by atoms with Crippen LogP contribution in [0.4, 0.5) is 5.69 Å². The normalized spacial score (nSPS) is 23.3. The van der Waals surface area contributed by atoms with Crippen molar-refractivity contribution in [3.63, 3.8) is 0 Å². The van der Waals surface area contributed by atoms with Crippen molar-refractivity contribution in [2.75, 3.05) is 12.8 Å². The number of rotatable bonds is 3. The largest absolute Gasteiger partial charge is 0.399 e. The highest BCUT2D eigenvalue weighted by Gasteiger charge is 2.43. The molecule has 7 heteroatoms. The van der Waals surface area contributed by atoms with E-state index in [2.05, 4.69) is 5.32 Å². The Labute approximate surface area is 182 Å². The third-order valence-corrected chi connectivity index (χ3v) is 6.15. The lowest BCUT2D eigenvalue weighted by Gasteiger charge is -2.30. The van der Waals surface area contributed by atoms with E-state index in [-0.39, 0.29) is 42.7 Å². The minimum Gasteiger partial charge on any atom is -0.399 e. The molecule has 0 saturated carbocycles. The maximum Gasteiger partial charge on any atom is 0.226 e. The summed E-state index contributed by atoms with van der Waals surface area (Å²) in [6.45, 7) is 0. The van der Waals surface area contributed by atoms with Crippen LogP contribution >= 0.6 is 24.0 Å². The van der Waals surface area contributed by atoms with E-state index < -0.39 is 5.92 Å². The van der Waals surface area contributed by atoms with E-state index in [1.165, 1.54) is 5.56 Å². The summed E-state index contributed by atoms with van der Waals surface area (Å²) < 4.78 is 0. The topological polar surface area (TPSA) is 75.4 Å². The summed E-state index contributed by atoms with van der Waals surface area (Å²) >= 11 is 6.15. The summed E-state index contributed by atoms with van der Waals surface area (Å²) in [6, 6.07) is 12.9. The van der Waals surface area contributed by atoms with Gasteiger partial charge in [-0.25, -0.2) is 0 Å². The summed E-state index contributed by atoms with van der Waals surface area (Å²) in [7, 11) is 1.75. The molecule has 0 aromatic heterocycles. The number of fused-ring (bicyclic) bond motifs is 1. The van der Waals surface area contributed by atoms with Crippen molar-refractivity contribution in [2.24, 2.45) is 5.92 Å². The Hall–Kier alpha value is -2.24. The van der Waals surface area contributed by atoms with Crippen LogP contribution < -0.4 is 11.1 Å². The van der Waals surface area contributed by atoms with Gasteiger partial charge in [-0.15, -0.1) is 12.4 Å². The van der Waals surface area contributed by atoms with Gasteiger partial charge in [0.1, 0.15) is 0 Å². The van der Waals surface area contributed by atoms with Crippen molar-refractivity contribution < 1.29 is 9.59 Å². The molecule has 29 heavy (non-hydrogen) atoms. The van der Waals surface area contributed by atoms with Crippen LogP contribution in [0, 0.1) is 5.92 Å². The zero-order valence-corrected chi connectivity index (χ0v) is 17.8. The monoisotopic (exact) mass is 433 g/mol. The molecule has 2 aliphatic rings. The fourth-order valence-electron chi connectivity index (χ4n) is 4.51. The lowest BCUT2D eigenvalue weighted by molar-refractivity contribution is -0.128. The van der Waals surface area contributed by atoms with Crippen LogP contribution in [0.3, 0.4) is 0 Å². The van der Waals surface area contributed by atoms with Crippen LogP contribution in [0.5, 0.6) is 0 Å². The molecule has 1 saturated heterocycles. The highest BCUT2D eigenvalue weighted by atomic mass is 35.5. The first kappa shape index (κ1) is 21.5. The zero-order valence-electron chi connectivity index (χ0n) is 16.2. The number of likely N-dealkylation sites (tertiary alicyclic amines) is 1. The maximum absolute atomic E-state index is 13.2. The third-order valence-electron chi connectivity index (χ3n) is 5.91. The number of hydrogen-bond acceptors (Lipinski definition) is 3. The summed E-state index contributed by atoms with van der Waals surface area (Å²) in [5.41, 5.74) is 9.87. The molecule has 1 aliphatic heterocycles. The van der Waals surface area contributed by atoms with E-state index >= 15 is 0 Å². The molecule has 4 rings (SSSR count). The highest BCUT2D eigenvalue weighted by Crippen LogP contribution is 2.39. The van der Waals surface area contributed by atoms with Crippen LogP contribution in [-0.4, -0.2) is 23.8 Å². The molecule has 3 N–H and O–H groups in total. The lowest BCUT2D eigenvalue weighted by atomic mass is 9.86. The van der Waals surface area contributed by atoms with Gasteiger partial charge in [0.05, 0.1) is 18.0 Å². The molecule has 2 aromatic rings. The molecule has 0 spiro atoms. The van der Waals surface area contributed by atoms with Gasteiger partial charge < -0.3 is 16.0 Å². The average Bonchev–Trinajstić information content (AvgIpc) is 2.96. The highest BCUT2D eigenvalue weighted by molar-refractivity contribution is 6.30. The van der Waals surface area contributed by atoms with Crippen LogP contribution in [0.15, 0.2) is 42.5 Å². The van der Waals surface area contributed by atoms with Crippen LogP contribution in [0.25, 0.3) is 0 Å². The van der Waals surface area contributed by atoms with Gasteiger partial charge in [0, 0.05) is 24.2 Å². The van der Waals surface area contributed by atoms with Crippen molar-refractivity contribution in [3.05, 3.63) is 64.2 Å². The van der Waals surface area contributed by atoms with Gasteiger partial charge in [-0.1, -0.05) is 29.8 Å². The Balaban J connectivity index is 0.00000240. The first-order chi connectivity index (χ1) is 13.4. The van der Waals surface area contributed by atoms with Crippen molar-refractivity contribution in [1.29, 1.82) is 0 Å². The number of hydrogen-bond donors (Lipinski definition) is 2. The number of halogens is 2. The standard InChI is InChI=1S/C22H24ClN3O2.ClH/c1-26-20(27)12-18(21(26)14-5-2-6-15(23)10-14)22(28)25-19-7-3-4-13-11-16(24)8-9-17(13)19;/h2,5-6,8-11,18-19,21H,3-4,7,12,24H2,1H3,(H,25,28);1H. The van der Waals surface area contributed by atoms with Gasteiger partial charge in [-0.3, -0.25) is 9.59 Å². The predicted octanol–water partition coefficient (Wildman–Crippen LogP) is 4.06. The van der Waals surface area contributed by atoms with Crippen molar-refractivity contribution in [3.8, 4) is 0 Å². The Bertz CT molecular complexity index is 934. The number of benzene rings is 2. The minimum atomic E-state index is -0.435. The van der Waals surface area contributed by atoms with E-state index in [1.54, 1.807) is 18.0 Å². The Kier molecular flexibility index (Phi) is 6.39. The molecule has 0 bridgehead atoms. The van der Waals surface area contributed by atoms with Crippen molar-refractivity contribution in [2.45, 2.75) is 37.8 Å². The first-order valence-electron chi connectivity index (χ1n) is 9.64. The van der Waals surface area contributed by atoms with Gasteiger partial charge in [0.15, 0.2) is 0 Å². The predicted molar refractivity (Wildman–Crippen MR) is 117 cm³/mol. The molecule has 2 aromatic carbocycles. The number of nitrogens with zero attached hydrogens (tertiary/aromatic N) is 1. The van der Waals surface area contributed by atoms with Crippen LogP contribution in [0.1, 0.15) is 48.0 Å². The van der Waals surface area contributed by atoms with Crippen molar-refractivity contribution >= 4 is 41.5 Å². The molecule has 3 atom stereocenters. The van der Waals surface area contributed by atoms with Crippen molar-refractivity contribution in [1.82, 2.24) is 10.2 Å². The second-order valence-electron chi connectivity index (χ2n) is 7.73. The number of nitrogens with two attached hydrogens (primary N) is 1. The fraction of sp³-hybridized carbons (Fsp3) is 0.364. The number of amides is 2. The molecule has 2 amide bonds. The summed E-state index contributed by atoms with van der Waals surface area (Å²) in [4.78, 5) is 27.2. The molecule has 1 fully saturated rings. The number of anilines is 1. The molecule has 5 nitrogen and oxygen atoms in total. The lowest BCUT2D eigenvalue weighted by Crippen LogP contribution is -2.38. The number of carbonyl (C=O) groups is 2. The molecular formula is C22H25Cl2N3O2. The van der Waals surface area contributed by atoms with E-state index in [4.69, 9.17) is 17.3 Å². The van der Waals surface area contributed by atoms with Gasteiger partial charge in [0.2, 0.25) is 11.8 Å². The van der Waals surface area contributed by atoms with E-state index in [0.717, 1.165) is 36.1 Å². The molecule has 154 valence electrons. The van der Waals surface area contributed by atoms with E-state index in [9.17, 15) is 9.59 Å². The van der Waals surface area contributed by atoms with Gasteiger partial charge in [0.25, 0.3) is 0 Å². The van der Waals surface area contributed by atoms with Crippen LogP contribution in [0.2, 0.25) is 5.02 Å². The smallest absolute Gasteiger partial charge is 0.226 e. The second-order valence-corrected chi connectivity index (χ2v) is 8.16. The van der Waals surface area contributed by atoms with Gasteiger partial charge in [-0.05, 0) is 60.2 Å². The maximum atomic E-state index is 13.2. The Morgan fingerprint density at radius 3 is 2.79 bits per heavy atom. The Morgan fingerprint density at radius 2 is 2.03 bits per heavy atom. The fourth-order valence-corrected chi connectivity index (χ4v) is 4.71. The Morgan fingerprint density at radius 1 is 1.24 bits per heavy atom. The molecule has 1 heterocycles. The number of aryl methyl sites for hydroxylation is 1. The number of nitrogens with one attached hydrogen (secondary N) is 1.